The molecule has 0 aromatic heterocycles. The normalized spacial score (nSPS) is 12.6. The third-order valence-electron chi connectivity index (χ3n) is 2.73. The van der Waals surface area contributed by atoms with E-state index in [-0.39, 0.29) is 24.5 Å². The van der Waals surface area contributed by atoms with Crippen molar-refractivity contribution in [3.63, 3.8) is 0 Å². The van der Waals surface area contributed by atoms with Gasteiger partial charge in [-0.15, -0.1) is 0 Å². The van der Waals surface area contributed by atoms with Gasteiger partial charge < -0.3 is 10.4 Å². The van der Waals surface area contributed by atoms with Gasteiger partial charge in [0.05, 0.1) is 5.56 Å². The first-order chi connectivity index (χ1) is 8.45. The van der Waals surface area contributed by atoms with Gasteiger partial charge in [0.2, 0.25) is 0 Å². The van der Waals surface area contributed by atoms with Crippen LogP contribution in [0.2, 0.25) is 0 Å². The van der Waals surface area contributed by atoms with Crippen LogP contribution in [-0.4, -0.2) is 23.7 Å². The minimum absolute atomic E-state index is 0.0200. The fourth-order valence-corrected chi connectivity index (χ4v) is 2.42. The van der Waals surface area contributed by atoms with Crippen LogP contribution in [0, 0.1) is 5.92 Å². The van der Waals surface area contributed by atoms with Crippen molar-refractivity contribution in [1.29, 1.82) is 0 Å². The van der Waals surface area contributed by atoms with Gasteiger partial charge in [0, 0.05) is 21.6 Å². The van der Waals surface area contributed by atoms with Gasteiger partial charge in [0.1, 0.15) is 0 Å². The van der Waals surface area contributed by atoms with Crippen molar-refractivity contribution in [3.8, 4) is 0 Å². The smallest absolute Gasteiger partial charge is 0.252 e. The van der Waals surface area contributed by atoms with E-state index in [1.54, 1.807) is 6.07 Å². The molecule has 0 aliphatic carbocycles. The van der Waals surface area contributed by atoms with Crippen LogP contribution in [0.1, 0.15) is 30.6 Å². The lowest BCUT2D eigenvalue weighted by Gasteiger charge is -2.21. The molecule has 1 aromatic rings. The van der Waals surface area contributed by atoms with Crippen LogP contribution >= 0.6 is 31.9 Å². The van der Waals surface area contributed by atoms with E-state index in [2.05, 4.69) is 37.2 Å². The number of aliphatic hydroxyl groups is 1. The van der Waals surface area contributed by atoms with E-state index in [1.165, 1.54) is 0 Å². The monoisotopic (exact) mass is 377 g/mol. The molecule has 0 bridgehead atoms. The molecule has 0 fully saturated rings. The molecule has 1 amide bonds. The Kier molecular flexibility index (Phi) is 6.32. The molecule has 18 heavy (non-hydrogen) atoms. The molecule has 1 unspecified atom stereocenters. The summed E-state index contributed by atoms with van der Waals surface area (Å²) >= 11 is 6.72. The van der Waals surface area contributed by atoms with E-state index in [9.17, 15) is 4.79 Å². The van der Waals surface area contributed by atoms with Crippen molar-refractivity contribution < 1.29 is 9.90 Å². The van der Waals surface area contributed by atoms with Gasteiger partial charge in [-0.1, -0.05) is 29.8 Å². The maximum Gasteiger partial charge on any atom is 0.252 e. The SMILES string of the molecule is CC(C)C(CCO)NC(=O)c1cc(Br)ccc1Br. The predicted octanol–water partition coefficient (Wildman–Crippen LogP) is 3.35. The number of halogens is 2. The summed E-state index contributed by atoms with van der Waals surface area (Å²) in [5.41, 5.74) is 0.591. The molecular weight excluding hydrogens is 362 g/mol. The Morgan fingerprint density at radius 1 is 1.39 bits per heavy atom. The number of benzene rings is 1. The first kappa shape index (κ1) is 15.7. The highest BCUT2D eigenvalue weighted by molar-refractivity contribution is 9.11. The molecule has 2 N–H and O–H groups in total. The van der Waals surface area contributed by atoms with Crippen LogP contribution in [0.5, 0.6) is 0 Å². The second-order valence-corrected chi connectivity index (χ2v) is 6.23. The zero-order chi connectivity index (χ0) is 13.7. The lowest BCUT2D eigenvalue weighted by molar-refractivity contribution is 0.0916. The van der Waals surface area contributed by atoms with E-state index in [4.69, 9.17) is 5.11 Å². The van der Waals surface area contributed by atoms with Gasteiger partial charge in [0.25, 0.3) is 5.91 Å². The Hall–Kier alpha value is -0.390. The van der Waals surface area contributed by atoms with Crippen molar-refractivity contribution in [1.82, 2.24) is 5.32 Å². The summed E-state index contributed by atoms with van der Waals surface area (Å²) in [6.45, 7) is 4.12. The van der Waals surface area contributed by atoms with E-state index >= 15 is 0 Å². The van der Waals surface area contributed by atoms with Crippen molar-refractivity contribution >= 4 is 37.8 Å². The average molecular weight is 379 g/mol. The zero-order valence-electron chi connectivity index (χ0n) is 10.4. The number of hydrogen-bond donors (Lipinski definition) is 2. The minimum Gasteiger partial charge on any atom is -0.396 e. The van der Waals surface area contributed by atoms with Crippen LogP contribution in [0.3, 0.4) is 0 Å². The number of carbonyl (C=O) groups excluding carboxylic acids is 1. The second kappa shape index (κ2) is 7.26. The standard InChI is InChI=1S/C13H17Br2NO2/c1-8(2)12(5-6-17)16-13(18)10-7-9(14)3-4-11(10)15/h3-4,7-8,12,17H,5-6H2,1-2H3,(H,16,18). The Morgan fingerprint density at radius 2 is 2.06 bits per heavy atom. The van der Waals surface area contributed by atoms with Crippen LogP contribution in [0.15, 0.2) is 27.1 Å². The first-order valence-corrected chi connectivity index (χ1v) is 7.41. The summed E-state index contributed by atoms with van der Waals surface area (Å²) in [5.74, 6) is 0.155. The average Bonchev–Trinajstić information content (AvgIpc) is 2.31. The summed E-state index contributed by atoms with van der Waals surface area (Å²) in [6.07, 6.45) is 0.565. The van der Waals surface area contributed by atoms with Crippen LogP contribution in [0.25, 0.3) is 0 Å². The number of carbonyl (C=O) groups is 1. The molecule has 5 heteroatoms. The molecule has 0 saturated heterocycles. The Bertz CT molecular complexity index is 421. The second-order valence-electron chi connectivity index (χ2n) is 4.46. The quantitative estimate of drug-likeness (QED) is 0.825. The van der Waals surface area contributed by atoms with Gasteiger partial charge in [-0.25, -0.2) is 0 Å². The van der Waals surface area contributed by atoms with Crippen molar-refractivity contribution in [2.45, 2.75) is 26.3 Å². The molecule has 1 atom stereocenters. The maximum atomic E-state index is 12.2. The lowest BCUT2D eigenvalue weighted by Crippen LogP contribution is -2.39. The molecule has 0 heterocycles. The predicted molar refractivity (Wildman–Crippen MR) is 79.6 cm³/mol. The molecular formula is C13H17Br2NO2. The molecule has 1 aromatic carbocycles. The van der Waals surface area contributed by atoms with E-state index in [0.29, 0.717) is 12.0 Å². The highest BCUT2D eigenvalue weighted by Gasteiger charge is 2.18. The summed E-state index contributed by atoms with van der Waals surface area (Å²) in [5, 5.41) is 12.0. The van der Waals surface area contributed by atoms with Gasteiger partial charge in [-0.2, -0.15) is 0 Å². The number of aliphatic hydroxyl groups excluding tert-OH is 1. The van der Waals surface area contributed by atoms with Crippen molar-refractivity contribution in [2.24, 2.45) is 5.92 Å². The molecule has 0 aliphatic rings. The summed E-state index contributed by atoms with van der Waals surface area (Å²) < 4.78 is 1.62. The Labute approximate surface area is 124 Å². The first-order valence-electron chi connectivity index (χ1n) is 5.82. The molecule has 100 valence electrons. The van der Waals surface area contributed by atoms with E-state index in [0.717, 1.165) is 8.95 Å². The third-order valence-corrected chi connectivity index (χ3v) is 3.92. The summed E-state index contributed by atoms with van der Waals surface area (Å²) in [6, 6.07) is 5.45. The molecule has 0 spiro atoms. The maximum absolute atomic E-state index is 12.2. The highest BCUT2D eigenvalue weighted by Crippen LogP contribution is 2.22. The number of nitrogens with one attached hydrogen (secondary N) is 1. The Balaban J connectivity index is 2.83. The molecule has 1 rings (SSSR count). The van der Waals surface area contributed by atoms with Gasteiger partial charge in [-0.3, -0.25) is 4.79 Å². The molecule has 0 radical (unpaired) electrons. The van der Waals surface area contributed by atoms with Crippen LogP contribution in [0.4, 0.5) is 0 Å². The summed E-state index contributed by atoms with van der Waals surface area (Å²) in [7, 11) is 0. The summed E-state index contributed by atoms with van der Waals surface area (Å²) in [4.78, 5) is 12.2. The molecule has 3 nitrogen and oxygen atoms in total. The Morgan fingerprint density at radius 3 is 2.61 bits per heavy atom. The third kappa shape index (κ3) is 4.37. The number of rotatable bonds is 5. The molecule has 0 aliphatic heterocycles. The minimum atomic E-state index is -0.129. The van der Waals surface area contributed by atoms with Gasteiger partial charge >= 0.3 is 0 Å². The van der Waals surface area contributed by atoms with Crippen molar-refractivity contribution in [3.05, 3.63) is 32.7 Å². The highest BCUT2D eigenvalue weighted by atomic mass is 79.9. The topological polar surface area (TPSA) is 49.3 Å². The fraction of sp³-hybridized carbons (Fsp3) is 0.462. The van der Waals surface area contributed by atoms with Crippen molar-refractivity contribution in [2.75, 3.05) is 6.61 Å². The zero-order valence-corrected chi connectivity index (χ0v) is 13.6. The van der Waals surface area contributed by atoms with Gasteiger partial charge in [0.15, 0.2) is 0 Å². The fourth-order valence-electron chi connectivity index (χ4n) is 1.63. The van der Waals surface area contributed by atoms with E-state index in [1.807, 2.05) is 26.0 Å². The van der Waals surface area contributed by atoms with E-state index < -0.39 is 0 Å². The van der Waals surface area contributed by atoms with Crippen LogP contribution in [-0.2, 0) is 0 Å². The number of hydrogen-bond acceptors (Lipinski definition) is 2. The lowest BCUT2D eigenvalue weighted by atomic mass is 10.0. The molecule has 0 saturated carbocycles. The van der Waals surface area contributed by atoms with Gasteiger partial charge in [-0.05, 0) is 46.5 Å². The van der Waals surface area contributed by atoms with Crippen LogP contribution < -0.4 is 5.32 Å². The number of amides is 1. The largest absolute Gasteiger partial charge is 0.396 e.